The van der Waals surface area contributed by atoms with Crippen LogP contribution in [0.5, 0.6) is 0 Å². The fourth-order valence-corrected chi connectivity index (χ4v) is 6.59. The van der Waals surface area contributed by atoms with E-state index in [0.29, 0.717) is 17.9 Å². The number of fused-ring (bicyclic) bond motifs is 4. The van der Waals surface area contributed by atoms with Crippen molar-refractivity contribution in [2.24, 2.45) is 18.2 Å². The van der Waals surface area contributed by atoms with E-state index in [0.717, 1.165) is 70.6 Å². The fourth-order valence-electron chi connectivity index (χ4n) is 6.28. The van der Waals surface area contributed by atoms with Crippen LogP contribution >= 0.6 is 11.6 Å². The van der Waals surface area contributed by atoms with Gasteiger partial charge in [-0.25, -0.2) is 9.37 Å². The molecule has 0 unspecified atom stereocenters. The number of alkyl halides is 1. The predicted molar refractivity (Wildman–Crippen MR) is 136 cm³/mol. The Morgan fingerprint density at radius 2 is 2.06 bits per heavy atom. The minimum Gasteiger partial charge on any atom is -0.345 e. The summed E-state index contributed by atoms with van der Waals surface area (Å²) in [5.41, 5.74) is 10.6. The van der Waals surface area contributed by atoms with Crippen molar-refractivity contribution in [1.29, 1.82) is 0 Å². The summed E-state index contributed by atoms with van der Waals surface area (Å²) in [5.74, 6) is 0.838. The van der Waals surface area contributed by atoms with Crippen molar-refractivity contribution in [1.82, 2.24) is 29.1 Å². The number of imidazole rings is 1. The molecule has 35 heavy (non-hydrogen) atoms. The van der Waals surface area contributed by atoms with E-state index in [4.69, 9.17) is 27.3 Å². The van der Waals surface area contributed by atoms with Crippen molar-refractivity contribution in [3.8, 4) is 11.1 Å². The number of hydrogen-bond acceptors (Lipinski definition) is 5. The molecule has 1 aliphatic heterocycles. The molecule has 180 valence electrons. The van der Waals surface area contributed by atoms with Gasteiger partial charge in [-0.05, 0) is 37.2 Å². The topological polar surface area (TPSA) is 93.1 Å². The zero-order valence-electron chi connectivity index (χ0n) is 19.4. The van der Waals surface area contributed by atoms with E-state index in [9.17, 15) is 4.39 Å². The Kier molecular flexibility index (Phi) is 4.48. The number of nitrogens with one attached hydrogen (secondary N) is 1. The van der Waals surface area contributed by atoms with Crippen LogP contribution in [0, 0.1) is 5.41 Å². The summed E-state index contributed by atoms with van der Waals surface area (Å²) in [6.07, 6.45) is 9.67. The number of benzene rings is 1. The van der Waals surface area contributed by atoms with Gasteiger partial charge in [0.15, 0.2) is 5.65 Å². The van der Waals surface area contributed by atoms with Crippen molar-refractivity contribution >= 4 is 45.1 Å². The van der Waals surface area contributed by atoms with Crippen LogP contribution in [0.2, 0.25) is 5.02 Å². The Hall–Kier alpha value is -3.17. The zero-order chi connectivity index (χ0) is 23.9. The van der Waals surface area contributed by atoms with Gasteiger partial charge in [0.05, 0.1) is 15.9 Å². The number of anilines is 1. The summed E-state index contributed by atoms with van der Waals surface area (Å²) in [6, 6.07) is 3.93. The van der Waals surface area contributed by atoms with Crippen molar-refractivity contribution < 1.29 is 4.39 Å². The Bertz CT molecular complexity index is 1590. The molecule has 1 saturated carbocycles. The van der Waals surface area contributed by atoms with E-state index in [1.165, 1.54) is 0 Å². The average Bonchev–Trinajstić information content (AvgIpc) is 3.60. The van der Waals surface area contributed by atoms with E-state index < -0.39 is 6.17 Å². The first-order valence-corrected chi connectivity index (χ1v) is 12.4. The molecule has 1 spiro atoms. The largest absolute Gasteiger partial charge is 0.345 e. The molecule has 2 aliphatic rings. The molecule has 1 aromatic carbocycles. The van der Waals surface area contributed by atoms with Crippen LogP contribution in [0.4, 0.5) is 10.3 Å². The maximum absolute atomic E-state index is 14.1. The Labute approximate surface area is 205 Å². The molecular formula is C25H26ClFN8. The molecule has 3 N–H and O–H groups in total. The highest BCUT2D eigenvalue weighted by atomic mass is 35.5. The SMILES string of the molecule is Cn1cc2c(Cl)c(-c3c[nH]c4nc(N5CCC6(CC5)C[C@@H](F)C[C@H]6N)n5ccnc5c34)ccc2n1. The second-order valence-corrected chi connectivity index (χ2v) is 10.5. The van der Waals surface area contributed by atoms with Gasteiger partial charge in [-0.2, -0.15) is 10.1 Å². The minimum atomic E-state index is -0.776. The molecule has 0 amide bonds. The number of halogens is 2. The van der Waals surface area contributed by atoms with Gasteiger partial charge < -0.3 is 15.6 Å². The fraction of sp³-hybridized carbons (Fsp3) is 0.400. The van der Waals surface area contributed by atoms with E-state index in [-0.39, 0.29) is 11.5 Å². The van der Waals surface area contributed by atoms with Gasteiger partial charge in [0.25, 0.3) is 0 Å². The maximum Gasteiger partial charge on any atom is 0.213 e. The number of H-pyrrole nitrogens is 1. The summed E-state index contributed by atoms with van der Waals surface area (Å²) in [5, 5.41) is 6.95. The third-order valence-corrected chi connectivity index (χ3v) is 8.55. The summed E-state index contributed by atoms with van der Waals surface area (Å²) < 4.78 is 17.9. The lowest BCUT2D eigenvalue weighted by atomic mass is 9.74. The molecule has 5 aromatic rings. The molecule has 0 bridgehead atoms. The van der Waals surface area contributed by atoms with Crippen LogP contribution in [0.3, 0.4) is 0 Å². The standard InChI is InChI=1S/C25H26ClFN8/c1-33-13-17-18(32-33)3-2-15(21(17)26)16-12-30-22-20(16)23-29-6-9-35(23)24(31-22)34-7-4-25(5-8-34)11-14(27)10-19(25)28/h2-3,6,9,12-14,19,30H,4-5,7-8,10-11,28H2,1H3/t14-,19+/m0/s1. The van der Waals surface area contributed by atoms with Gasteiger partial charge in [-0.3, -0.25) is 9.08 Å². The normalized spacial score (nSPS) is 22.3. The molecule has 7 rings (SSSR count). The van der Waals surface area contributed by atoms with Crippen LogP contribution in [0.1, 0.15) is 25.7 Å². The van der Waals surface area contributed by atoms with E-state index in [1.807, 2.05) is 42.2 Å². The number of rotatable bonds is 2. The summed E-state index contributed by atoms with van der Waals surface area (Å²) in [4.78, 5) is 15.3. The van der Waals surface area contributed by atoms with Crippen LogP contribution in [-0.2, 0) is 7.05 Å². The van der Waals surface area contributed by atoms with Gasteiger partial charge in [0.2, 0.25) is 5.95 Å². The van der Waals surface area contributed by atoms with Crippen molar-refractivity contribution in [3.63, 3.8) is 0 Å². The molecule has 5 heterocycles. The molecule has 1 aliphatic carbocycles. The quantitative estimate of drug-likeness (QED) is 0.379. The highest BCUT2D eigenvalue weighted by molar-refractivity contribution is 6.38. The Balaban J connectivity index is 1.31. The smallest absolute Gasteiger partial charge is 0.213 e. The lowest BCUT2D eigenvalue weighted by Gasteiger charge is -2.42. The van der Waals surface area contributed by atoms with Gasteiger partial charge in [0.1, 0.15) is 11.8 Å². The second kappa shape index (κ2) is 7.41. The highest BCUT2D eigenvalue weighted by Gasteiger charge is 2.47. The zero-order valence-corrected chi connectivity index (χ0v) is 20.1. The van der Waals surface area contributed by atoms with Crippen molar-refractivity contribution in [2.75, 3.05) is 18.0 Å². The number of piperidine rings is 1. The first kappa shape index (κ1) is 21.1. The van der Waals surface area contributed by atoms with Crippen LogP contribution in [-0.4, -0.2) is 54.4 Å². The third-order valence-electron chi connectivity index (χ3n) is 8.15. The number of nitrogens with zero attached hydrogens (tertiary/aromatic N) is 6. The number of aromatic amines is 1. The molecule has 8 nitrogen and oxygen atoms in total. The maximum atomic E-state index is 14.1. The number of aromatic nitrogens is 6. The summed E-state index contributed by atoms with van der Waals surface area (Å²) in [7, 11) is 1.89. The molecule has 0 radical (unpaired) electrons. The monoisotopic (exact) mass is 492 g/mol. The van der Waals surface area contributed by atoms with Gasteiger partial charge >= 0.3 is 0 Å². The molecule has 2 atom stereocenters. The van der Waals surface area contributed by atoms with Crippen LogP contribution in [0.15, 0.2) is 36.9 Å². The van der Waals surface area contributed by atoms with Crippen molar-refractivity contribution in [2.45, 2.75) is 37.9 Å². The molecule has 2 fully saturated rings. The second-order valence-electron chi connectivity index (χ2n) is 10.1. The van der Waals surface area contributed by atoms with Gasteiger partial charge in [0, 0.05) is 67.5 Å². The van der Waals surface area contributed by atoms with Gasteiger partial charge in [-0.1, -0.05) is 17.7 Å². The van der Waals surface area contributed by atoms with Crippen LogP contribution in [0.25, 0.3) is 38.7 Å². The third kappa shape index (κ3) is 3.04. The molecule has 1 saturated heterocycles. The average molecular weight is 493 g/mol. The number of hydrogen-bond donors (Lipinski definition) is 2. The Morgan fingerprint density at radius 3 is 2.83 bits per heavy atom. The molecular weight excluding hydrogens is 467 g/mol. The minimum absolute atomic E-state index is 0.0591. The predicted octanol–water partition coefficient (Wildman–Crippen LogP) is 4.46. The van der Waals surface area contributed by atoms with Crippen LogP contribution < -0.4 is 10.6 Å². The number of aryl methyl sites for hydroxylation is 1. The van der Waals surface area contributed by atoms with Crippen molar-refractivity contribution in [3.05, 3.63) is 41.9 Å². The first-order chi connectivity index (χ1) is 16.9. The van der Waals surface area contributed by atoms with E-state index in [1.54, 1.807) is 10.9 Å². The number of nitrogens with two attached hydrogens (primary N) is 1. The Morgan fingerprint density at radius 1 is 1.23 bits per heavy atom. The first-order valence-electron chi connectivity index (χ1n) is 12.0. The van der Waals surface area contributed by atoms with Gasteiger partial charge in [-0.15, -0.1) is 0 Å². The van der Waals surface area contributed by atoms with E-state index >= 15 is 0 Å². The lowest BCUT2D eigenvalue weighted by molar-refractivity contribution is 0.183. The molecule has 10 heteroatoms. The highest BCUT2D eigenvalue weighted by Crippen LogP contribution is 2.47. The summed E-state index contributed by atoms with van der Waals surface area (Å²) in [6.45, 7) is 1.59. The lowest BCUT2D eigenvalue weighted by Crippen LogP contribution is -2.47. The summed E-state index contributed by atoms with van der Waals surface area (Å²) >= 11 is 6.85. The van der Waals surface area contributed by atoms with E-state index in [2.05, 4.69) is 15.0 Å². The molecule has 4 aromatic heterocycles.